The molecule has 35 heavy (non-hydrogen) atoms. The van der Waals surface area contributed by atoms with Crippen molar-refractivity contribution in [2.24, 2.45) is 0 Å². The molecule has 0 radical (unpaired) electrons. The Kier molecular flexibility index (Phi) is 7.23. The number of hydrogen-bond acceptors (Lipinski definition) is 9. The molecule has 0 bridgehead atoms. The lowest BCUT2D eigenvalue weighted by Crippen LogP contribution is -2.22. The van der Waals surface area contributed by atoms with Crippen molar-refractivity contribution in [3.8, 4) is 11.4 Å². The quantitative estimate of drug-likeness (QED) is 0.332. The van der Waals surface area contributed by atoms with Gasteiger partial charge in [-0.25, -0.2) is 4.98 Å². The number of carbonyl (C=O) groups excluding carboxylic acids is 1. The van der Waals surface area contributed by atoms with Crippen LogP contribution in [0.3, 0.4) is 0 Å². The highest BCUT2D eigenvalue weighted by atomic mass is 35.5. The summed E-state index contributed by atoms with van der Waals surface area (Å²) in [6.45, 7) is 1.52. The second-order valence-corrected chi connectivity index (χ2v) is 8.31. The molecular weight excluding hydrogens is 470 g/mol. The summed E-state index contributed by atoms with van der Waals surface area (Å²) in [6.07, 6.45) is 1.56. The Hall–Kier alpha value is -4.02. The molecule has 180 valence electrons. The van der Waals surface area contributed by atoms with Gasteiger partial charge < -0.3 is 25.2 Å². The minimum Gasteiger partial charge on any atom is -0.394 e. The monoisotopic (exact) mass is 493 g/mol. The third-order valence-corrected chi connectivity index (χ3v) is 5.43. The van der Waals surface area contributed by atoms with Gasteiger partial charge in [-0.3, -0.25) is 4.79 Å². The topological polar surface area (TPSA) is 129 Å². The van der Waals surface area contributed by atoms with Crippen molar-refractivity contribution >= 4 is 35.0 Å². The van der Waals surface area contributed by atoms with Crippen LogP contribution in [0.5, 0.6) is 0 Å². The summed E-state index contributed by atoms with van der Waals surface area (Å²) in [6, 6.07) is 14.1. The van der Waals surface area contributed by atoms with Gasteiger partial charge in [-0.15, -0.1) is 0 Å². The molecule has 2 aromatic carbocycles. The lowest BCUT2D eigenvalue weighted by atomic mass is 10.1. The van der Waals surface area contributed by atoms with Gasteiger partial charge in [0.1, 0.15) is 5.82 Å². The Morgan fingerprint density at radius 2 is 1.94 bits per heavy atom. The van der Waals surface area contributed by atoms with E-state index in [1.54, 1.807) is 45.4 Å². The van der Waals surface area contributed by atoms with E-state index < -0.39 is 6.04 Å². The zero-order valence-electron chi connectivity index (χ0n) is 19.4. The van der Waals surface area contributed by atoms with Crippen LogP contribution < -0.4 is 10.6 Å². The molecule has 3 N–H and O–H groups in total. The zero-order valence-corrected chi connectivity index (χ0v) is 20.1. The SMILES string of the molecule is Cc1nc(-c2cnc(Nc3ccc(C(=O)N(C)C)c(Cl)c3)nc2N[C@H](CO)c2ccccc2)no1. The van der Waals surface area contributed by atoms with Crippen LogP contribution >= 0.6 is 11.6 Å². The number of benzene rings is 2. The first-order chi connectivity index (χ1) is 16.9. The van der Waals surface area contributed by atoms with Gasteiger partial charge in [-0.05, 0) is 23.8 Å². The average molecular weight is 494 g/mol. The smallest absolute Gasteiger partial charge is 0.254 e. The molecule has 1 amide bonds. The van der Waals surface area contributed by atoms with Gasteiger partial charge in [0.25, 0.3) is 5.91 Å². The standard InChI is InChI=1S/C24H24ClN7O3/c1-14-27-22(31-35-14)18-12-26-24(28-16-9-10-17(19(25)11-16)23(34)32(2)3)30-21(18)29-20(13-33)15-7-5-4-6-8-15/h4-12,20,33H,13H2,1-3H3,(H2,26,28,29,30)/t20-/m1/s1. The van der Waals surface area contributed by atoms with E-state index in [1.165, 1.54) is 4.90 Å². The maximum absolute atomic E-state index is 12.2. The Balaban J connectivity index is 1.66. The van der Waals surface area contributed by atoms with Crippen LogP contribution in [0.4, 0.5) is 17.5 Å². The highest BCUT2D eigenvalue weighted by Crippen LogP contribution is 2.29. The van der Waals surface area contributed by atoms with E-state index in [9.17, 15) is 9.90 Å². The van der Waals surface area contributed by atoms with Crippen molar-refractivity contribution < 1.29 is 14.4 Å². The van der Waals surface area contributed by atoms with Crippen molar-refractivity contribution in [1.82, 2.24) is 25.0 Å². The van der Waals surface area contributed by atoms with Crippen LogP contribution in [-0.4, -0.2) is 56.7 Å². The summed E-state index contributed by atoms with van der Waals surface area (Å²) >= 11 is 6.33. The number of aromatic nitrogens is 4. The van der Waals surface area contributed by atoms with Crippen molar-refractivity contribution in [2.45, 2.75) is 13.0 Å². The molecule has 2 aromatic heterocycles. The molecular formula is C24H24ClN7O3. The summed E-state index contributed by atoms with van der Waals surface area (Å²) in [5.41, 5.74) is 2.38. The first-order valence-electron chi connectivity index (χ1n) is 10.7. The van der Waals surface area contributed by atoms with E-state index in [2.05, 4.69) is 30.7 Å². The van der Waals surface area contributed by atoms with Gasteiger partial charge in [-0.2, -0.15) is 9.97 Å². The number of rotatable bonds is 8. The van der Waals surface area contributed by atoms with Gasteiger partial charge in [0.15, 0.2) is 0 Å². The molecule has 1 atom stereocenters. The van der Waals surface area contributed by atoms with Crippen molar-refractivity contribution in [3.63, 3.8) is 0 Å². The number of nitrogens with zero attached hydrogens (tertiary/aromatic N) is 5. The predicted molar refractivity (Wildman–Crippen MR) is 133 cm³/mol. The molecule has 11 heteroatoms. The number of nitrogens with one attached hydrogen (secondary N) is 2. The Bertz CT molecular complexity index is 1330. The number of aliphatic hydroxyl groups is 1. The zero-order chi connectivity index (χ0) is 24.9. The van der Waals surface area contributed by atoms with Gasteiger partial charge >= 0.3 is 0 Å². The number of carbonyl (C=O) groups is 1. The molecule has 4 rings (SSSR count). The Morgan fingerprint density at radius 3 is 2.57 bits per heavy atom. The summed E-state index contributed by atoms with van der Waals surface area (Å²) < 4.78 is 5.12. The summed E-state index contributed by atoms with van der Waals surface area (Å²) in [5, 5.41) is 20.7. The number of halogens is 1. The lowest BCUT2D eigenvalue weighted by Gasteiger charge is -2.19. The van der Waals surface area contributed by atoms with E-state index in [1.807, 2.05) is 30.3 Å². The summed E-state index contributed by atoms with van der Waals surface area (Å²) in [5.74, 6) is 1.19. The highest BCUT2D eigenvalue weighted by molar-refractivity contribution is 6.34. The first kappa shape index (κ1) is 24.1. The molecule has 0 unspecified atom stereocenters. The Labute approximate surface area is 207 Å². The molecule has 0 spiro atoms. The van der Waals surface area contributed by atoms with Crippen molar-refractivity contribution in [2.75, 3.05) is 31.3 Å². The molecule has 4 aromatic rings. The minimum absolute atomic E-state index is 0.168. The van der Waals surface area contributed by atoms with Crippen molar-refractivity contribution in [3.05, 3.63) is 76.8 Å². The van der Waals surface area contributed by atoms with Crippen LogP contribution in [0.1, 0.15) is 27.9 Å². The van der Waals surface area contributed by atoms with Crippen LogP contribution in [0.15, 0.2) is 59.3 Å². The third-order valence-electron chi connectivity index (χ3n) is 5.11. The van der Waals surface area contributed by atoms with Gasteiger partial charge in [0.05, 0.1) is 28.8 Å². The van der Waals surface area contributed by atoms with E-state index >= 15 is 0 Å². The average Bonchev–Trinajstić information content (AvgIpc) is 3.28. The number of aliphatic hydroxyl groups excluding tert-OH is 1. The van der Waals surface area contributed by atoms with Crippen molar-refractivity contribution in [1.29, 1.82) is 0 Å². The van der Waals surface area contributed by atoms with Crippen LogP contribution in [0, 0.1) is 6.92 Å². The molecule has 0 aliphatic rings. The second-order valence-electron chi connectivity index (χ2n) is 7.90. The maximum Gasteiger partial charge on any atom is 0.254 e. The van der Waals surface area contributed by atoms with E-state index in [0.29, 0.717) is 39.4 Å². The first-order valence-corrected chi connectivity index (χ1v) is 11.1. The fraction of sp³-hybridized carbons (Fsp3) is 0.208. The van der Waals surface area contributed by atoms with Gasteiger partial charge in [0, 0.05) is 32.9 Å². The molecule has 10 nitrogen and oxygen atoms in total. The van der Waals surface area contributed by atoms with Crippen LogP contribution in [-0.2, 0) is 0 Å². The Morgan fingerprint density at radius 1 is 1.17 bits per heavy atom. The normalized spacial score (nSPS) is 11.7. The predicted octanol–water partition coefficient (Wildman–Crippen LogP) is 4.08. The third kappa shape index (κ3) is 5.56. The fourth-order valence-corrected chi connectivity index (χ4v) is 3.61. The minimum atomic E-state index is -0.434. The fourth-order valence-electron chi connectivity index (χ4n) is 3.35. The van der Waals surface area contributed by atoms with E-state index in [-0.39, 0.29) is 18.5 Å². The van der Waals surface area contributed by atoms with Gasteiger partial charge in [0.2, 0.25) is 17.7 Å². The largest absolute Gasteiger partial charge is 0.394 e. The second kappa shape index (κ2) is 10.5. The van der Waals surface area contributed by atoms with Crippen LogP contribution in [0.25, 0.3) is 11.4 Å². The number of amides is 1. The van der Waals surface area contributed by atoms with E-state index in [4.69, 9.17) is 16.1 Å². The van der Waals surface area contributed by atoms with Crippen LogP contribution in [0.2, 0.25) is 5.02 Å². The van der Waals surface area contributed by atoms with E-state index in [0.717, 1.165) is 5.56 Å². The maximum atomic E-state index is 12.2. The molecule has 0 saturated heterocycles. The summed E-state index contributed by atoms with van der Waals surface area (Å²) in [7, 11) is 3.32. The molecule has 0 aliphatic carbocycles. The lowest BCUT2D eigenvalue weighted by molar-refractivity contribution is 0.0828. The number of hydrogen-bond donors (Lipinski definition) is 3. The van der Waals surface area contributed by atoms with Gasteiger partial charge in [-0.1, -0.05) is 47.1 Å². The molecule has 0 fully saturated rings. The molecule has 2 heterocycles. The highest BCUT2D eigenvalue weighted by Gasteiger charge is 2.19. The molecule has 0 aliphatic heterocycles. The molecule has 0 saturated carbocycles. The summed E-state index contributed by atoms with van der Waals surface area (Å²) in [4.78, 5) is 27.0. The number of anilines is 3. The number of aryl methyl sites for hydroxylation is 1.